The minimum atomic E-state index is 0.130. The molecule has 3 aromatic rings. The van der Waals surface area contributed by atoms with Crippen molar-refractivity contribution in [1.82, 2.24) is 15.0 Å². The minimum absolute atomic E-state index is 0.130. The average molecular weight is 362 g/mol. The van der Waals surface area contributed by atoms with Gasteiger partial charge in [-0.3, -0.25) is 4.90 Å². The monoisotopic (exact) mass is 362 g/mol. The lowest BCUT2D eigenvalue weighted by Gasteiger charge is -2.20. The van der Waals surface area contributed by atoms with Crippen LogP contribution in [0.5, 0.6) is 0 Å². The highest BCUT2D eigenvalue weighted by Crippen LogP contribution is 2.34. The standard InChI is InChI=1S/C21H22N4O2/c1-14(2)20-23-21(27-24-20)18-8-5-11-25(18)13-16-9-10-19(26-16)17-7-4-3-6-15(17)12-22/h3-4,6-7,9-10,14,18H,5,8,11,13H2,1-2H3/t18-/m1/s1. The number of likely N-dealkylation sites (tertiary alicyclic amines) is 1. The Morgan fingerprint density at radius 3 is 2.89 bits per heavy atom. The van der Waals surface area contributed by atoms with Crippen molar-refractivity contribution in [1.29, 1.82) is 5.26 Å². The largest absolute Gasteiger partial charge is 0.460 e. The molecule has 1 saturated heterocycles. The number of aromatic nitrogens is 2. The Labute approximate surface area is 158 Å². The Morgan fingerprint density at radius 2 is 2.11 bits per heavy atom. The lowest BCUT2D eigenvalue weighted by Crippen LogP contribution is -2.22. The summed E-state index contributed by atoms with van der Waals surface area (Å²) in [4.78, 5) is 6.89. The first-order valence-electron chi connectivity index (χ1n) is 9.31. The Morgan fingerprint density at radius 1 is 1.26 bits per heavy atom. The number of furan rings is 1. The van der Waals surface area contributed by atoms with Crippen molar-refractivity contribution < 1.29 is 8.94 Å². The molecule has 2 aromatic heterocycles. The molecule has 3 heterocycles. The summed E-state index contributed by atoms with van der Waals surface area (Å²) in [5, 5.41) is 13.4. The van der Waals surface area contributed by atoms with E-state index in [-0.39, 0.29) is 12.0 Å². The summed E-state index contributed by atoms with van der Waals surface area (Å²) in [5.41, 5.74) is 1.44. The zero-order valence-electron chi connectivity index (χ0n) is 15.6. The summed E-state index contributed by atoms with van der Waals surface area (Å²) in [6.45, 7) is 5.77. The Hall–Kier alpha value is -2.91. The van der Waals surface area contributed by atoms with E-state index in [0.29, 0.717) is 18.0 Å². The van der Waals surface area contributed by atoms with Crippen LogP contribution in [0.25, 0.3) is 11.3 Å². The van der Waals surface area contributed by atoms with Gasteiger partial charge < -0.3 is 8.94 Å². The van der Waals surface area contributed by atoms with Crippen molar-refractivity contribution in [2.24, 2.45) is 0 Å². The summed E-state index contributed by atoms with van der Waals surface area (Å²) in [6.07, 6.45) is 2.10. The van der Waals surface area contributed by atoms with Crippen LogP contribution in [0.2, 0.25) is 0 Å². The fourth-order valence-electron chi connectivity index (χ4n) is 3.52. The maximum Gasteiger partial charge on any atom is 0.244 e. The Bertz CT molecular complexity index is 966. The molecule has 138 valence electrons. The summed E-state index contributed by atoms with van der Waals surface area (Å²) in [6, 6.07) is 13.7. The van der Waals surface area contributed by atoms with Crippen LogP contribution < -0.4 is 0 Å². The topological polar surface area (TPSA) is 79.1 Å². The Balaban J connectivity index is 1.52. The highest BCUT2D eigenvalue weighted by Gasteiger charge is 2.31. The van der Waals surface area contributed by atoms with Crippen LogP contribution in [0.4, 0.5) is 0 Å². The molecule has 0 bridgehead atoms. The molecule has 4 rings (SSSR count). The molecular formula is C21H22N4O2. The molecule has 0 amide bonds. The first-order chi connectivity index (χ1) is 13.2. The molecule has 1 aliphatic rings. The first-order valence-corrected chi connectivity index (χ1v) is 9.31. The number of benzene rings is 1. The van der Waals surface area contributed by atoms with E-state index in [0.717, 1.165) is 42.3 Å². The summed E-state index contributed by atoms with van der Waals surface area (Å²) in [7, 11) is 0. The van der Waals surface area contributed by atoms with Gasteiger partial charge in [0.2, 0.25) is 5.89 Å². The van der Waals surface area contributed by atoms with Gasteiger partial charge in [-0.05, 0) is 43.7 Å². The molecule has 0 radical (unpaired) electrons. The predicted octanol–water partition coefficient (Wildman–Crippen LogP) is 4.66. The lowest BCUT2D eigenvalue weighted by molar-refractivity contribution is 0.189. The number of hydrogen-bond acceptors (Lipinski definition) is 6. The molecule has 6 nitrogen and oxygen atoms in total. The van der Waals surface area contributed by atoms with Crippen LogP contribution in [0, 0.1) is 11.3 Å². The number of rotatable bonds is 5. The van der Waals surface area contributed by atoms with E-state index in [1.807, 2.05) is 30.3 Å². The maximum absolute atomic E-state index is 9.29. The average Bonchev–Trinajstić information content (AvgIpc) is 3.42. The van der Waals surface area contributed by atoms with Gasteiger partial charge in [0.15, 0.2) is 5.82 Å². The van der Waals surface area contributed by atoms with Crippen molar-refractivity contribution in [2.45, 2.75) is 45.2 Å². The first kappa shape index (κ1) is 17.5. The maximum atomic E-state index is 9.29. The molecule has 6 heteroatoms. The van der Waals surface area contributed by atoms with E-state index in [1.54, 1.807) is 6.07 Å². The summed E-state index contributed by atoms with van der Waals surface area (Å²) in [5.74, 6) is 3.29. The second-order valence-corrected chi connectivity index (χ2v) is 7.20. The number of nitriles is 1. The van der Waals surface area contributed by atoms with Crippen LogP contribution in [0.15, 0.2) is 45.3 Å². The van der Waals surface area contributed by atoms with E-state index in [9.17, 15) is 5.26 Å². The zero-order valence-corrected chi connectivity index (χ0v) is 15.6. The fraction of sp³-hybridized carbons (Fsp3) is 0.381. The van der Waals surface area contributed by atoms with Gasteiger partial charge in [0, 0.05) is 11.5 Å². The van der Waals surface area contributed by atoms with Gasteiger partial charge in [-0.2, -0.15) is 10.2 Å². The van der Waals surface area contributed by atoms with Crippen LogP contribution in [-0.4, -0.2) is 21.6 Å². The molecule has 1 aliphatic heterocycles. The van der Waals surface area contributed by atoms with E-state index in [4.69, 9.17) is 8.94 Å². The van der Waals surface area contributed by atoms with E-state index < -0.39 is 0 Å². The molecule has 0 spiro atoms. The van der Waals surface area contributed by atoms with Gasteiger partial charge in [0.05, 0.1) is 24.2 Å². The molecule has 0 unspecified atom stereocenters. The zero-order chi connectivity index (χ0) is 18.8. The summed E-state index contributed by atoms with van der Waals surface area (Å²) < 4.78 is 11.6. The van der Waals surface area contributed by atoms with Gasteiger partial charge >= 0.3 is 0 Å². The molecule has 1 aromatic carbocycles. The van der Waals surface area contributed by atoms with E-state index in [2.05, 4.69) is 35.0 Å². The highest BCUT2D eigenvalue weighted by atomic mass is 16.5. The predicted molar refractivity (Wildman–Crippen MR) is 99.6 cm³/mol. The van der Waals surface area contributed by atoms with Gasteiger partial charge in [-0.25, -0.2) is 0 Å². The quantitative estimate of drug-likeness (QED) is 0.657. The van der Waals surface area contributed by atoms with Crippen molar-refractivity contribution in [3.05, 3.63) is 59.4 Å². The van der Waals surface area contributed by atoms with Crippen LogP contribution >= 0.6 is 0 Å². The third-order valence-corrected chi connectivity index (χ3v) is 4.96. The molecule has 27 heavy (non-hydrogen) atoms. The van der Waals surface area contributed by atoms with Crippen molar-refractivity contribution in [3.8, 4) is 17.4 Å². The second kappa shape index (κ2) is 7.37. The van der Waals surface area contributed by atoms with Crippen LogP contribution in [0.3, 0.4) is 0 Å². The van der Waals surface area contributed by atoms with E-state index in [1.165, 1.54) is 0 Å². The summed E-state index contributed by atoms with van der Waals surface area (Å²) >= 11 is 0. The second-order valence-electron chi connectivity index (χ2n) is 7.20. The molecule has 0 saturated carbocycles. The van der Waals surface area contributed by atoms with Gasteiger partial charge in [0.1, 0.15) is 11.5 Å². The molecule has 1 fully saturated rings. The normalized spacial score (nSPS) is 17.5. The fourth-order valence-corrected chi connectivity index (χ4v) is 3.52. The van der Waals surface area contributed by atoms with Crippen molar-refractivity contribution in [3.63, 3.8) is 0 Å². The molecular weight excluding hydrogens is 340 g/mol. The van der Waals surface area contributed by atoms with Gasteiger partial charge in [0.25, 0.3) is 0 Å². The minimum Gasteiger partial charge on any atom is -0.460 e. The number of nitrogens with zero attached hydrogens (tertiary/aromatic N) is 4. The Kier molecular flexibility index (Phi) is 4.78. The number of hydrogen-bond donors (Lipinski definition) is 0. The van der Waals surface area contributed by atoms with Crippen LogP contribution in [-0.2, 0) is 6.54 Å². The highest BCUT2D eigenvalue weighted by molar-refractivity contribution is 5.66. The van der Waals surface area contributed by atoms with Crippen LogP contribution in [0.1, 0.15) is 61.7 Å². The van der Waals surface area contributed by atoms with Crippen molar-refractivity contribution >= 4 is 0 Å². The van der Waals surface area contributed by atoms with Gasteiger partial charge in [-0.15, -0.1) is 0 Å². The van der Waals surface area contributed by atoms with E-state index >= 15 is 0 Å². The molecule has 0 N–H and O–H groups in total. The smallest absolute Gasteiger partial charge is 0.244 e. The van der Waals surface area contributed by atoms with Gasteiger partial charge in [-0.1, -0.05) is 31.1 Å². The SMILES string of the molecule is CC(C)c1noc([C@H]2CCCN2Cc2ccc(-c3ccccc3C#N)o2)n1. The molecule has 1 atom stereocenters. The molecule has 0 aliphatic carbocycles. The third kappa shape index (κ3) is 3.51. The van der Waals surface area contributed by atoms with Crippen molar-refractivity contribution in [2.75, 3.05) is 6.54 Å². The third-order valence-electron chi connectivity index (χ3n) is 4.96. The lowest BCUT2D eigenvalue weighted by atomic mass is 10.1.